The Kier molecular flexibility index (Phi) is 30.0. The number of rotatable bonds is 39. The van der Waals surface area contributed by atoms with Crippen molar-refractivity contribution < 1.29 is 58.5 Å². The lowest BCUT2D eigenvalue weighted by Gasteiger charge is -2.25. The molecule has 0 aliphatic carbocycles. The van der Waals surface area contributed by atoms with Crippen molar-refractivity contribution in [3.8, 4) is 12.1 Å². The average molecular weight is 929 g/mol. The van der Waals surface area contributed by atoms with E-state index in [2.05, 4.69) is 36.3 Å². The van der Waals surface area contributed by atoms with Crippen LogP contribution in [-0.2, 0) is 42.9 Å². The van der Waals surface area contributed by atoms with Gasteiger partial charge in [0.15, 0.2) is 0 Å². The largest absolute Gasteiger partial charge is 0.481 e. The Morgan fingerprint density at radius 3 is 1.63 bits per heavy atom. The summed E-state index contributed by atoms with van der Waals surface area (Å²) in [6.07, 6.45) is 13.1. The number of anilines is 2. The molecule has 0 saturated heterocycles. The standard InChI is InChI=1S/C48H73N5O11S/c1-5-7-9-11-13-15-17-38(47(56)57)32-44(54)63-29-27-61-24-22-53(40-19-20-42(36(3)31-40)51-52-46-41(34-49)37(4)43(35-50)65-46)21-23-60-25-26-62-28-30-64-45(55)33-39(48(58)59)18-16-14-12-10-8-6-2/h19-20,31,38-39,51-52H,5-18,21-30,32-33H2,1-4H3,(H,56,57)(H,58,59)/p+1. The van der Waals surface area contributed by atoms with Crippen LogP contribution in [0.2, 0.25) is 0 Å². The minimum atomic E-state index is -0.985. The fourth-order valence-electron chi connectivity index (χ4n) is 7.09. The molecule has 17 heteroatoms. The number of esters is 2. The monoisotopic (exact) mass is 929 g/mol. The molecule has 0 spiro atoms. The summed E-state index contributed by atoms with van der Waals surface area (Å²) in [6.45, 7) is 10.6. The van der Waals surface area contributed by atoms with Crippen molar-refractivity contribution in [1.29, 1.82) is 10.5 Å². The van der Waals surface area contributed by atoms with Gasteiger partial charge in [-0.3, -0.25) is 19.2 Å². The highest BCUT2D eigenvalue weighted by atomic mass is 32.1. The first kappa shape index (κ1) is 56.3. The van der Waals surface area contributed by atoms with E-state index >= 15 is 0 Å². The molecule has 0 saturated carbocycles. The lowest BCUT2D eigenvalue weighted by atomic mass is 9.97. The summed E-state index contributed by atoms with van der Waals surface area (Å²) in [4.78, 5) is 50.7. The number of nitrogens with two attached hydrogens (primary N) is 1. The molecule has 0 amide bonds. The molecular weight excluding hydrogens is 855 g/mol. The number of carbonyl (C=O) groups excluding carboxylic acids is 2. The smallest absolute Gasteiger partial charge is 0.307 e. The zero-order valence-electron chi connectivity index (χ0n) is 39.2. The number of nitrogen functional groups attached to an aromatic ring is 1. The third-order valence-electron chi connectivity index (χ3n) is 11.0. The van der Waals surface area contributed by atoms with Crippen LogP contribution in [0.4, 0.5) is 16.4 Å². The number of quaternary nitrogens is 1. The first-order valence-electron chi connectivity index (χ1n) is 23.3. The number of hydrogen-bond acceptors (Lipinski definition) is 14. The van der Waals surface area contributed by atoms with Crippen molar-refractivity contribution in [1.82, 2.24) is 0 Å². The first-order chi connectivity index (χ1) is 31.4. The maximum atomic E-state index is 12.4. The van der Waals surface area contributed by atoms with Gasteiger partial charge in [0.2, 0.25) is 5.00 Å². The number of aliphatic carboxylic acids is 2. The van der Waals surface area contributed by atoms with Crippen LogP contribution in [0.1, 0.15) is 138 Å². The third-order valence-corrected chi connectivity index (χ3v) is 12.2. The van der Waals surface area contributed by atoms with E-state index in [4.69, 9.17) is 23.7 Å². The number of nitriles is 2. The molecule has 0 fully saturated rings. The van der Waals surface area contributed by atoms with E-state index in [1.54, 1.807) is 12.3 Å². The molecule has 0 aliphatic heterocycles. The number of thiophene rings is 1. The first-order valence-corrected chi connectivity index (χ1v) is 24.2. The number of benzene rings is 1. The van der Waals surface area contributed by atoms with Gasteiger partial charge in [-0.1, -0.05) is 102 Å². The summed E-state index contributed by atoms with van der Waals surface area (Å²) in [5.74, 6) is -4.58. The summed E-state index contributed by atoms with van der Waals surface area (Å²) in [7, 11) is 0. The summed E-state index contributed by atoms with van der Waals surface area (Å²) >= 11 is 1.26. The van der Waals surface area contributed by atoms with Gasteiger partial charge in [0, 0.05) is 24.3 Å². The molecule has 2 unspecified atom stereocenters. The highest BCUT2D eigenvalue weighted by Gasteiger charge is 2.23. The topological polar surface area (TPSA) is 234 Å². The van der Waals surface area contributed by atoms with Gasteiger partial charge in [0.05, 0.1) is 70.0 Å². The maximum Gasteiger partial charge on any atom is 0.307 e. The second-order valence-corrected chi connectivity index (χ2v) is 17.2. The molecule has 5 N–H and O–H groups in total. The van der Waals surface area contributed by atoms with Crippen molar-refractivity contribution in [2.45, 2.75) is 130 Å². The van der Waals surface area contributed by atoms with Crippen molar-refractivity contribution in [3.63, 3.8) is 0 Å². The van der Waals surface area contributed by atoms with Gasteiger partial charge in [-0.25, -0.2) is 10.9 Å². The molecule has 1 heterocycles. The Hall–Kier alpha value is -4.78. The molecular formula is C48H74N5O11S+. The predicted octanol–water partition coefficient (Wildman–Crippen LogP) is 7.96. The van der Waals surface area contributed by atoms with Crippen molar-refractivity contribution >= 4 is 51.6 Å². The minimum Gasteiger partial charge on any atom is -0.481 e. The molecule has 2 atom stereocenters. The average Bonchev–Trinajstić information content (AvgIpc) is 3.60. The second kappa shape index (κ2) is 34.6. The van der Waals surface area contributed by atoms with Crippen LogP contribution < -0.4 is 15.8 Å². The van der Waals surface area contributed by atoms with E-state index in [0.717, 1.165) is 81.1 Å². The van der Waals surface area contributed by atoms with Crippen LogP contribution in [0.15, 0.2) is 18.2 Å². The number of aryl methyl sites for hydroxylation is 1. The molecule has 2 rings (SSSR count). The van der Waals surface area contributed by atoms with Crippen LogP contribution in [0.3, 0.4) is 0 Å². The second-order valence-electron chi connectivity index (χ2n) is 16.2. The van der Waals surface area contributed by atoms with E-state index in [-0.39, 0.29) is 45.9 Å². The quantitative estimate of drug-likeness (QED) is 0.0215. The highest BCUT2D eigenvalue weighted by molar-refractivity contribution is 7.16. The number of unbranched alkanes of at least 4 members (excludes halogenated alkanes) is 10. The molecule has 0 radical (unpaired) electrons. The zero-order chi connectivity index (χ0) is 47.7. The molecule has 1 aromatic carbocycles. The summed E-state index contributed by atoms with van der Waals surface area (Å²) < 4.78 is 27.8. The third kappa shape index (κ3) is 23.8. The van der Waals surface area contributed by atoms with Crippen LogP contribution >= 0.6 is 11.3 Å². The van der Waals surface area contributed by atoms with Gasteiger partial charge < -0.3 is 38.8 Å². The van der Waals surface area contributed by atoms with Gasteiger partial charge in [0.1, 0.15) is 35.8 Å². The van der Waals surface area contributed by atoms with Gasteiger partial charge in [-0.2, -0.15) is 10.5 Å². The molecule has 0 aliphatic rings. The van der Waals surface area contributed by atoms with Crippen LogP contribution in [-0.4, -0.2) is 100 Å². The molecule has 2 aromatic rings. The minimum absolute atomic E-state index is 0.00965. The van der Waals surface area contributed by atoms with Gasteiger partial charge in [0.25, 0.3) is 0 Å². The fraction of sp³-hybridized carbons (Fsp3) is 0.667. The maximum absolute atomic E-state index is 12.4. The van der Waals surface area contributed by atoms with Crippen molar-refractivity contribution in [3.05, 3.63) is 39.8 Å². The predicted molar refractivity (Wildman–Crippen MR) is 249 cm³/mol. The van der Waals surface area contributed by atoms with Crippen molar-refractivity contribution in [2.75, 3.05) is 76.3 Å². The molecule has 16 nitrogen and oxygen atoms in total. The molecule has 0 bridgehead atoms. The van der Waals surface area contributed by atoms with Gasteiger partial charge >= 0.3 is 23.9 Å². The molecule has 1 aromatic heterocycles. The van der Waals surface area contributed by atoms with E-state index in [9.17, 15) is 39.9 Å². The normalized spacial score (nSPS) is 11.9. The van der Waals surface area contributed by atoms with E-state index in [1.165, 1.54) is 24.2 Å². The lowest BCUT2D eigenvalue weighted by molar-refractivity contribution is -0.534. The molecule has 362 valence electrons. The lowest BCUT2D eigenvalue weighted by Crippen LogP contribution is -2.82. The number of carbonyl (C=O) groups is 4. The van der Waals surface area contributed by atoms with E-state index in [0.29, 0.717) is 66.8 Å². The number of carboxylic acid groups (broad SMARTS) is 2. The summed E-state index contributed by atoms with van der Waals surface area (Å²) in [5, 5.41) is 38.9. The van der Waals surface area contributed by atoms with Crippen molar-refractivity contribution in [2.24, 2.45) is 11.8 Å². The number of nitrogens with one attached hydrogen (secondary N) is 1. The number of nitrogens with zero attached hydrogens (tertiary/aromatic N) is 3. The Labute approximate surface area is 389 Å². The van der Waals surface area contributed by atoms with Crippen LogP contribution in [0, 0.1) is 48.3 Å². The Bertz CT molecular complexity index is 1790. The Morgan fingerprint density at radius 2 is 1.17 bits per heavy atom. The molecule has 65 heavy (non-hydrogen) atoms. The zero-order valence-corrected chi connectivity index (χ0v) is 40.0. The highest BCUT2D eigenvalue weighted by Crippen LogP contribution is 2.29. The number of carboxylic acids is 2. The van der Waals surface area contributed by atoms with Gasteiger partial charge in [-0.15, -0.1) is 0 Å². The van der Waals surface area contributed by atoms with E-state index in [1.807, 2.05) is 25.1 Å². The van der Waals surface area contributed by atoms with Gasteiger partial charge in [-0.05, 0) is 50.5 Å². The summed E-state index contributed by atoms with van der Waals surface area (Å²) in [5.41, 5.74) is 8.82. The summed E-state index contributed by atoms with van der Waals surface area (Å²) in [6, 6.07) is 10.2. The number of hydrogen-bond donors (Lipinski definition) is 4. The fourth-order valence-corrected chi connectivity index (χ4v) is 8.03. The Morgan fingerprint density at radius 1 is 0.692 bits per heavy atom. The Balaban J connectivity index is 1.85. The number of ether oxygens (including phenoxy) is 5. The van der Waals surface area contributed by atoms with Crippen LogP contribution in [0.5, 0.6) is 0 Å². The van der Waals surface area contributed by atoms with Crippen LogP contribution in [0.25, 0.3) is 0 Å². The van der Waals surface area contributed by atoms with E-state index < -0.39 is 35.7 Å². The SMILES string of the molecule is CCCCCCCCC(CC(=O)OCCOCCOCCN(CCOCCOC(=O)CC(CCCCCCCC)C(=O)O)c1ccc(N[NH2+]c2sc(C#N)c(C)c2C#N)c(C)c1)C(=O)O.